The highest BCUT2D eigenvalue weighted by Gasteiger charge is 2.11. The number of nitrogens with two attached hydrogens (primary N) is 2. The van der Waals surface area contributed by atoms with Crippen molar-refractivity contribution in [3.8, 4) is 11.3 Å². The van der Waals surface area contributed by atoms with E-state index in [4.69, 9.17) is 20.7 Å². The molecule has 0 saturated heterocycles. The smallest absolute Gasteiger partial charge is 0.170 e. The molecule has 3 rings (SSSR count). The van der Waals surface area contributed by atoms with Crippen molar-refractivity contribution in [3.05, 3.63) is 95.4 Å². The molecule has 6 nitrogen and oxygen atoms in total. The van der Waals surface area contributed by atoms with Crippen molar-refractivity contribution in [1.29, 1.82) is 0 Å². The van der Waals surface area contributed by atoms with Crippen LogP contribution in [0.1, 0.15) is 30.7 Å². The van der Waals surface area contributed by atoms with E-state index in [1.54, 1.807) is 18.2 Å². The van der Waals surface area contributed by atoms with Gasteiger partial charge in [0.25, 0.3) is 0 Å². The summed E-state index contributed by atoms with van der Waals surface area (Å²) < 4.78 is 11.2. The summed E-state index contributed by atoms with van der Waals surface area (Å²) in [5.74, 6) is 2.12. The highest BCUT2D eigenvalue weighted by atomic mass is 16.5. The van der Waals surface area contributed by atoms with Gasteiger partial charge in [0.05, 0.1) is 17.0 Å². The fourth-order valence-corrected chi connectivity index (χ4v) is 2.98. The van der Waals surface area contributed by atoms with Crippen LogP contribution in [0.4, 0.5) is 11.6 Å². The second-order valence-corrected chi connectivity index (χ2v) is 7.03. The van der Waals surface area contributed by atoms with Gasteiger partial charge >= 0.3 is 0 Å². The molecule has 3 aromatic rings. The average molecular weight is 402 g/mol. The first kappa shape index (κ1) is 20.9. The lowest BCUT2D eigenvalue weighted by atomic mass is 10.1. The van der Waals surface area contributed by atoms with Gasteiger partial charge in [-0.1, -0.05) is 48.2 Å². The van der Waals surface area contributed by atoms with Crippen molar-refractivity contribution in [1.82, 2.24) is 10.1 Å². The Morgan fingerprint density at radius 2 is 1.83 bits per heavy atom. The molecular weight excluding hydrogens is 376 g/mol. The van der Waals surface area contributed by atoms with Crippen LogP contribution in [0.25, 0.3) is 11.3 Å². The maximum absolute atomic E-state index is 5.92. The molecule has 1 aromatic carbocycles. The predicted molar refractivity (Wildman–Crippen MR) is 120 cm³/mol. The Balaban J connectivity index is 1.60. The van der Waals surface area contributed by atoms with Crippen LogP contribution in [0, 0.1) is 0 Å². The molecule has 0 aliphatic carbocycles. The van der Waals surface area contributed by atoms with E-state index >= 15 is 0 Å². The van der Waals surface area contributed by atoms with Gasteiger partial charge < -0.3 is 20.7 Å². The Hall–Kier alpha value is -3.80. The van der Waals surface area contributed by atoms with Crippen molar-refractivity contribution in [2.45, 2.75) is 26.9 Å². The quantitative estimate of drug-likeness (QED) is 0.404. The molecule has 0 aliphatic rings. The maximum Gasteiger partial charge on any atom is 0.170 e. The van der Waals surface area contributed by atoms with Gasteiger partial charge in [0.15, 0.2) is 5.76 Å². The fraction of sp³-hybridized carbons (Fsp3) is 0.167. The molecule has 0 radical (unpaired) electrons. The zero-order valence-electron chi connectivity index (χ0n) is 17.3. The Labute approximate surface area is 176 Å². The fourth-order valence-electron chi connectivity index (χ4n) is 2.98. The average Bonchev–Trinajstić information content (AvgIpc) is 3.15. The van der Waals surface area contributed by atoms with E-state index in [1.807, 2.05) is 32.1 Å². The number of rotatable bonds is 8. The SMILES string of the molecule is C=C/C=C(C)\C=C(/C)OCc1ccc(Cc2cc(-c3ccc(N)nc3N)on2)cc1. The Morgan fingerprint density at radius 3 is 2.53 bits per heavy atom. The van der Waals surface area contributed by atoms with E-state index in [1.165, 1.54) is 0 Å². The van der Waals surface area contributed by atoms with E-state index < -0.39 is 0 Å². The van der Waals surface area contributed by atoms with Crippen molar-refractivity contribution in [2.75, 3.05) is 11.5 Å². The van der Waals surface area contributed by atoms with Gasteiger partial charge in [-0.3, -0.25) is 0 Å². The number of hydrogen-bond acceptors (Lipinski definition) is 6. The molecule has 0 bridgehead atoms. The lowest BCUT2D eigenvalue weighted by Gasteiger charge is -2.07. The van der Waals surface area contributed by atoms with Crippen LogP contribution in [0.5, 0.6) is 0 Å². The minimum absolute atomic E-state index is 0.321. The van der Waals surface area contributed by atoms with E-state index in [-0.39, 0.29) is 0 Å². The van der Waals surface area contributed by atoms with Gasteiger partial charge in [0.1, 0.15) is 18.2 Å². The third-order valence-corrected chi connectivity index (χ3v) is 4.46. The number of nitrogen functional groups attached to an aromatic ring is 2. The van der Waals surface area contributed by atoms with Crippen LogP contribution in [0.15, 0.2) is 83.1 Å². The van der Waals surface area contributed by atoms with Gasteiger partial charge in [-0.05, 0) is 48.8 Å². The number of pyridine rings is 1. The molecule has 0 spiro atoms. The van der Waals surface area contributed by atoms with Crippen LogP contribution in [-0.4, -0.2) is 10.1 Å². The number of ether oxygens (including phenoxy) is 1. The van der Waals surface area contributed by atoms with Crippen LogP contribution in [0.3, 0.4) is 0 Å². The largest absolute Gasteiger partial charge is 0.494 e. The number of benzene rings is 1. The lowest BCUT2D eigenvalue weighted by Crippen LogP contribution is -1.97. The summed E-state index contributed by atoms with van der Waals surface area (Å²) in [6.07, 6.45) is 6.34. The second kappa shape index (κ2) is 9.60. The first-order valence-electron chi connectivity index (χ1n) is 9.61. The standard InChI is InChI=1S/C24H26N4O2/c1-4-5-16(2)12-17(3)29-15-19-8-6-18(7-9-19)13-20-14-22(30-28-20)21-10-11-23(25)27-24(21)26/h4-12,14H,1,13,15H2,2-3H3,(H4,25,26,27)/b16-5-,17-12+. The number of anilines is 2. The Kier molecular flexibility index (Phi) is 6.70. The predicted octanol–water partition coefficient (Wildman–Crippen LogP) is 5.04. The Morgan fingerprint density at radius 1 is 1.10 bits per heavy atom. The molecule has 4 N–H and O–H groups in total. The molecule has 0 atom stereocenters. The molecule has 2 heterocycles. The molecular formula is C24H26N4O2. The molecule has 154 valence electrons. The van der Waals surface area contributed by atoms with Gasteiger partial charge in [-0.15, -0.1) is 0 Å². The molecule has 30 heavy (non-hydrogen) atoms. The first-order valence-corrected chi connectivity index (χ1v) is 9.61. The van der Waals surface area contributed by atoms with Gasteiger partial charge in [0, 0.05) is 12.5 Å². The van der Waals surface area contributed by atoms with Crippen molar-refractivity contribution < 1.29 is 9.26 Å². The van der Waals surface area contributed by atoms with Crippen molar-refractivity contribution in [2.24, 2.45) is 0 Å². The number of allylic oxidation sites excluding steroid dienone is 5. The minimum Gasteiger partial charge on any atom is -0.494 e. The van der Waals surface area contributed by atoms with E-state index in [0.717, 1.165) is 28.2 Å². The zero-order chi connectivity index (χ0) is 21.5. The third kappa shape index (κ3) is 5.61. The van der Waals surface area contributed by atoms with Gasteiger partial charge in [-0.25, -0.2) is 4.98 Å². The molecule has 0 saturated carbocycles. The van der Waals surface area contributed by atoms with Crippen LogP contribution in [-0.2, 0) is 17.8 Å². The molecule has 0 unspecified atom stereocenters. The topological polar surface area (TPSA) is 100 Å². The summed E-state index contributed by atoms with van der Waals surface area (Å²) in [5.41, 5.74) is 16.4. The van der Waals surface area contributed by atoms with Gasteiger partial charge in [-0.2, -0.15) is 0 Å². The highest BCUT2D eigenvalue weighted by molar-refractivity contribution is 5.71. The van der Waals surface area contributed by atoms with Gasteiger partial charge in [0.2, 0.25) is 0 Å². The number of hydrogen-bond donors (Lipinski definition) is 2. The first-order chi connectivity index (χ1) is 14.4. The summed E-state index contributed by atoms with van der Waals surface area (Å²) >= 11 is 0. The summed E-state index contributed by atoms with van der Waals surface area (Å²) in [6, 6.07) is 13.6. The summed E-state index contributed by atoms with van der Waals surface area (Å²) in [4.78, 5) is 4.05. The van der Waals surface area contributed by atoms with E-state index in [2.05, 4.69) is 41.0 Å². The van der Waals surface area contributed by atoms with Crippen LogP contribution in [0.2, 0.25) is 0 Å². The normalized spacial score (nSPS) is 12.1. The zero-order valence-corrected chi connectivity index (χ0v) is 17.3. The third-order valence-electron chi connectivity index (χ3n) is 4.46. The molecule has 0 aliphatic heterocycles. The molecule has 0 amide bonds. The summed E-state index contributed by atoms with van der Waals surface area (Å²) in [7, 11) is 0. The van der Waals surface area contributed by atoms with Crippen molar-refractivity contribution in [3.63, 3.8) is 0 Å². The maximum atomic E-state index is 5.92. The summed E-state index contributed by atoms with van der Waals surface area (Å²) in [5, 5.41) is 4.14. The van der Waals surface area contributed by atoms with Crippen LogP contribution < -0.4 is 11.5 Å². The highest BCUT2D eigenvalue weighted by Crippen LogP contribution is 2.26. The van der Waals surface area contributed by atoms with E-state index in [9.17, 15) is 0 Å². The summed E-state index contributed by atoms with van der Waals surface area (Å²) in [6.45, 7) is 8.16. The molecule has 2 aromatic heterocycles. The number of aromatic nitrogens is 2. The minimum atomic E-state index is 0.321. The van der Waals surface area contributed by atoms with Crippen molar-refractivity contribution >= 4 is 11.6 Å². The second-order valence-electron chi connectivity index (χ2n) is 7.03. The number of nitrogens with zero attached hydrogens (tertiary/aromatic N) is 2. The van der Waals surface area contributed by atoms with Crippen LogP contribution >= 0.6 is 0 Å². The molecule has 6 heteroatoms. The molecule has 0 fully saturated rings. The monoisotopic (exact) mass is 402 g/mol. The Bertz CT molecular complexity index is 1080. The lowest BCUT2D eigenvalue weighted by molar-refractivity contribution is 0.200. The van der Waals surface area contributed by atoms with E-state index in [0.29, 0.717) is 36.0 Å².